The third-order valence-electron chi connectivity index (χ3n) is 4.38. The predicted octanol–water partition coefficient (Wildman–Crippen LogP) is 4.64. The van der Waals surface area contributed by atoms with Crippen molar-refractivity contribution in [1.29, 1.82) is 0 Å². The fraction of sp³-hybridized carbons (Fsp3) is 0.300. The zero-order chi connectivity index (χ0) is 19.3. The molecule has 3 heterocycles. The number of thioether (sulfide) groups is 1. The van der Waals surface area contributed by atoms with Gasteiger partial charge in [0.1, 0.15) is 16.7 Å². The normalized spacial score (nSPS) is 14.3. The maximum Gasteiger partial charge on any atom is 0.132 e. The molecule has 28 heavy (non-hydrogen) atoms. The monoisotopic (exact) mass is 415 g/mol. The van der Waals surface area contributed by atoms with E-state index >= 15 is 0 Å². The van der Waals surface area contributed by atoms with Gasteiger partial charge in [0.2, 0.25) is 0 Å². The van der Waals surface area contributed by atoms with Gasteiger partial charge in [0.15, 0.2) is 0 Å². The van der Waals surface area contributed by atoms with Crippen LogP contribution >= 0.6 is 23.4 Å². The van der Waals surface area contributed by atoms with Crippen molar-refractivity contribution in [2.24, 2.45) is 0 Å². The highest BCUT2D eigenvalue weighted by atomic mass is 35.5. The van der Waals surface area contributed by atoms with Gasteiger partial charge in [-0.05, 0) is 30.7 Å². The van der Waals surface area contributed by atoms with E-state index in [-0.39, 0.29) is 0 Å². The van der Waals surface area contributed by atoms with E-state index in [9.17, 15) is 0 Å². The number of pyridine rings is 1. The van der Waals surface area contributed by atoms with Crippen LogP contribution in [0.3, 0.4) is 0 Å². The second-order valence-corrected chi connectivity index (χ2v) is 8.05. The van der Waals surface area contributed by atoms with Crippen molar-refractivity contribution in [3.8, 4) is 0 Å². The molecule has 6 nitrogen and oxygen atoms in total. The SMILES string of the molecule is Cc1cc(Nc2cc(SCc3cccc(Cl)c3)nc(N3CCOCC3)c2)[nH]n1. The largest absolute Gasteiger partial charge is 0.378 e. The van der Waals surface area contributed by atoms with E-state index in [4.69, 9.17) is 21.3 Å². The molecule has 4 rings (SSSR count). The molecule has 0 atom stereocenters. The lowest BCUT2D eigenvalue weighted by Gasteiger charge is -2.28. The Morgan fingerprint density at radius 2 is 2.07 bits per heavy atom. The molecule has 0 aliphatic carbocycles. The number of hydrogen-bond acceptors (Lipinski definition) is 6. The number of nitrogens with zero attached hydrogens (tertiary/aromatic N) is 3. The lowest BCUT2D eigenvalue weighted by Crippen LogP contribution is -2.36. The van der Waals surface area contributed by atoms with Crippen molar-refractivity contribution >= 4 is 40.7 Å². The summed E-state index contributed by atoms with van der Waals surface area (Å²) in [5.41, 5.74) is 3.10. The first kappa shape index (κ1) is 19.1. The number of nitrogens with one attached hydrogen (secondary N) is 2. The Labute approximate surface area is 173 Å². The van der Waals surface area contributed by atoms with Gasteiger partial charge in [0, 0.05) is 41.7 Å². The lowest BCUT2D eigenvalue weighted by atomic mass is 10.2. The van der Waals surface area contributed by atoms with Crippen LogP contribution in [0.5, 0.6) is 0 Å². The molecule has 1 saturated heterocycles. The van der Waals surface area contributed by atoms with E-state index in [1.807, 2.05) is 31.2 Å². The summed E-state index contributed by atoms with van der Waals surface area (Å²) in [6.45, 7) is 5.10. The summed E-state index contributed by atoms with van der Waals surface area (Å²) in [6, 6.07) is 14.1. The van der Waals surface area contributed by atoms with Crippen molar-refractivity contribution in [2.75, 3.05) is 36.5 Å². The molecule has 0 spiro atoms. The average Bonchev–Trinajstić information content (AvgIpc) is 3.11. The summed E-state index contributed by atoms with van der Waals surface area (Å²) >= 11 is 7.80. The first-order chi connectivity index (χ1) is 13.7. The van der Waals surface area contributed by atoms with E-state index in [2.05, 4.69) is 38.6 Å². The van der Waals surface area contributed by atoms with E-state index in [1.54, 1.807) is 11.8 Å². The van der Waals surface area contributed by atoms with Crippen LogP contribution in [0.1, 0.15) is 11.3 Å². The van der Waals surface area contributed by atoms with Gasteiger partial charge in [0.25, 0.3) is 0 Å². The number of aromatic amines is 1. The fourth-order valence-corrected chi connectivity index (χ4v) is 4.09. The minimum Gasteiger partial charge on any atom is -0.378 e. The number of hydrogen-bond donors (Lipinski definition) is 2. The molecule has 2 N–H and O–H groups in total. The molecule has 2 aromatic heterocycles. The van der Waals surface area contributed by atoms with Crippen molar-refractivity contribution < 1.29 is 4.74 Å². The zero-order valence-electron chi connectivity index (χ0n) is 15.6. The summed E-state index contributed by atoms with van der Waals surface area (Å²) in [4.78, 5) is 7.14. The third kappa shape index (κ3) is 4.98. The standard InChI is InChI=1S/C20H22ClN5OS/c1-14-9-18(25-24-14)22-17-11-19(26-5-7-27-8-6-26)23-20(12-17)28-13-15-3-2-4-16(21)10-15/h2-4,9-12H,5-8,13H2,1H3,(H2,22,23,24,25). The highest BCUT2D eigenvalue weighted by molar-refractivity contribution is 7.98. The summed E-state index contributed by atoms with van der Waals surface area (Å²) in [6.07, 6.45) is 0. The van der Waals surface area contributed by atoms with E-state index in [1.165, 1.54) is 5.56 Å². The van der Waals surface area contributed by atoms with Gasteiger partial charge in [-0.15, -0.1) is 11.8 Å². The Morgan fingerprint density at radius 3 is 2.82 bits per heavy atom. The van der Waals surface area contributed by atoms with Crippen molar-refractivity contribution in [3.63, 3.8) is 0 Å². The molecule has 0 radical (unpaired) electrons. The van der Waals surface area contributed by atoms with Crippen LogP contribution in [0, 0.1) is 6.92 Å². The molecular formula is C20H22ClN5OS. The van der Waals surface area contributed by atoms with Gasteiger partial charge < -0.3 is 15.0 Å². The number of aromatic nitrogens is 3. The Kier molecular flexibility index (Phi) is 6.04. The van der Waals surface area contributed by atoms with Crippen molar-refractivity contribution in [1.82, 2.24) is 15.2 Å². The molecule has 1 fully saturated rings. The van der Waals surface area contributed by atoms with Gasteiger partial charge in [-0.3, -0.25) is 5.10 Å². The quantitative estimate of drug-likeness (QED) is 0.572. The molecule has 8 heteroatoms. The van der Waals surface area contributed by atoms with Gasteiger partial charge in [-0.25, -0.2) is 4.98 Å². The van der Waals surface area contributed by atoms with Crippen molar-refractivity contribution in [3.05, 3.63) is 58.7 Å². The minimum atomic E-state index is 0.726. The predicted molar refractivity (Wildman–Crippen MR) is 115 cm³/mol. The van der Waals surface area contributed by atoms with Crippen molar-refractivity contribution in [2.45, 2.75) is 17.7 Å². The molecule has 1 aliphatic heterocycles. The average molecular weight is 416 g/mol. The number of morpholine rings is 1. The topological polar surface area (TPSA) is 66.1 Å². The maximum absolute atomic E-state index is 6.11. The molecule has 0 unspecified atom stereocenters. The molecule has 0 amide bonds. The summed E-state index contributed by atoms with van der Waals surface area (Å²) in [7, 11) is 0. The molecule has 0 saturated carbocycles. The number of H-pyrrole nitrogens is 1. The molecular weight excluding hydrogens is 394 g/mol. The molecule has 1 aliphatic rings. The molecule has 0 bridgehead atoms. The van der Waals surface area contributed by atoms with E-state index < -0.39 is 0 Å². The molecule has 1 aromatic carbocycles. The van der Waals surface area contributed by atoms with Crippen LogP contribution in [0.2, 0.25) is 5.02 Å². The fourth-order valence-electron chi connectivity index (χ4n) is 3.02. The number of benzene rings is 1. The van der Waals surface area contributed by atoms with Crippen LogP contribution in [0.25, 0.3) is 0 Å². The second kappa shape index (κ2) is 8.86. The highest BCUT2D eigenvalue weighted by Crippen LogP contribution is 2.29. The highest BCUT2D eigenvalue weighted by Gasteiger charge is 2.15. The van der Waals surface area contributed by atoms with E-state index in [0.717, 1.165) is 65.1 Å². The van der Waals surface area contributed by atoms with Gasteiger partial charge in [-0.1, -0.05) is 23.7 Å². The van der Waals surface area contributed by atoms with Crippen LogP contribution in [0.4, 0.5) is 17.3 Å². The second-order valence-electron chi connectivity index (χ2n) is 6.62. The Bertz CT molecular complexity index is 942. The first-order valence-electron chi connectivity index (χ1n) is 9.17. The summed E-state index contributed by atoms with van der Waals surface area (Å²) in [5.74, 6) is 2.63. The van der Waals surface area contributed by atoms with Crippen LogP contribution in [0.15, 0.2) is 47.5 Å². The zero-order valence-corrected chi connectivity index (χ0v) is 17.2. The Balaban J connectivity index is 1.57. The lowest BCUT2D eigenvalue weighted by molar-refractivity contribution is 0.122. The third-order valence-corrected chi connectivity index (χ3v) is 5.60. The number of ether oxygens (including phenoxy) is 1. The van der Waals surface area contributed by atoms with Gasteiger partial charge >= 0.3 is 0 Å². The number of rotatable bonds is 6. The smallest absolute Gasteiger partial charge is 0.132 e. The molecule has 3 aromatic rings. The van der Waals surface area contributed by atoms with Crippen LogP contribution in [-0.2, 0) is 10.5 Å². The van der Waals surface area contributed by atoms with E-state index in [0.29, 0.717) is 0 Å². The van der Waals surface area contributed by atoms with Gasteiger partial charge in [-0.2, -0.15) is 5.10 Å². The summed E-state index contributed by atoms with van der Waals surface area (Å²) in [5, 5.41) is 12.3. The maximum atomic E-state index is 6.11. The molecule has 146 valence electrons. The van der Waals surface area contributed by atoms with Crippen LogP contribution < -0.4 is 10.2 Å². The number of anilines is 3. The number of aryl methyl sites for hydroxylation is 1. The Morgan fingerprint density at radius 1 is 1.21 bits per heavy atom. The minimum absolute atomic E-state index is 0.726. The van der Waals surface area contributed by atoms with Crippen LogP contribution in [-0.4, -0.2) is 41.5 Å². The van der Waals surface area contributed by atoms with Gasteiger partial charge in [0.05, 0.1) is 18.9 Å². The summed E-state index contributed by atoms with van der Waals surface area (Å²) < 4.78 is 5.48. The number of halogens is 1. The Hall–Kier alpha value is -2.22. The first-order valence-corrected chi connectivity index (χ1v) is 10.5.